The summed E-state index contributed by atoms with van der Waals surface area (Å²) in [6.45, 7) is -0.127. The molecule has 1 N–H and O–H groups in total. The molecule has 3 heterocycles. The molecule has 0 saturated carbocycles. The van der Waals surface area contributed by atoms with Crippen LogP contribution < -0.4 is 5.48 Å². The van der Waals surface area contributed by atoms with Gasteiger partial charge in [-0.15, -0.1) is 11.3 Å². The quantitative estimate of drug-likeness (QED) is 0.487. The number of hydrogen-bond acceptors (Lipinski definition) is 8. The number of benzene rings is 1. The van der Waals surface area contributed by atoms with E-state index in [1.807, 2.05) is 30.3 Å². The molecule has 14 heteroatoms. The molecule has 0 bridgehead atoms. The van der Waals surface area contributed by atoms with Crippen molar-refractivity contribution in [2.24, 2.45) is 0 Å². The van der Waals surface area contributed by atoms with Crippen molar-refractivity contribution in [1.29, 1.82) is 0 Å². The first-order valence-corrected chi connectivity index (χ1v) is 15.2. The number of nitrogens with zero attached hydrogens (tertiary/aromatic N) is 3. The average Bonchev–Trinajstić information content (AvgIpc) is 3.39. The zero-order chi connectivity index (χ0) is 25.9. The van der Waals surface area contributed by atoms with Crippen molar-refractivity contribution in [3.05, 3.63) is 42.5 Å². The Labute approximate surface area is 215 Å². The van der Waals surface area contributed by atoms with E-state index in [4.69, 9.17) is 9.57 Å². The minimum absolute atomic E-state index is 0.0691. The number of rotatable bonds is 8. The second-order valence-corrected chi connectivity index (χ2v) is 14.0. The van der Waals surface area contributed by atoms with Crippen LogP contribution in [0.4, 0.5) is 0 Å². The molecule has 0 spiro atoms. The van der Waals surface area contributed by atoms with Crippen molar-refractivity contribution < 1.29 is 31.2 Å². The predicted molar refractivity (Wildman–Crippen MR) is 134 cm³/mol. The van der Waals surface area contributed by atoms with E-state index in [1.165, 1.54) is 20.2 Å². The summed E-state index contributed by atoms with van der Waals surface area (Å²) < 4.78 is 61.5. The Bertz CT molecular complexity index is 1260. The molecular weight excluding hydrogens is 528 g/mol. The van der Waals surface area contributed by atoms with E-state index >= 15 is 0 Å². The highest BCUT2D eigenvalue weighted by Crippen LogP contribution is 2.33. The first kappa shape index (κ1) is 27.1. The van der Waals surface area contributed by atoms with E-state index in [1.54, 1.807) is 6.07 Å². The number of sulfonamides is 1. The summed E-state index contributed by atoms with van der Waals surface area (Å²) in [6.07, 6.45) is 1.72. The average molecular weight is 559 g/mol. The van der Waals surface area contributed by atoms with Crippen molar-refractivity contribution in [2.75, 3.05) is 40.3 Å². The predicted octanol–water partition coefficient (Wildman–Crippen LogP) is 1.47. The Balaban J connectivity index is 1.59. The van der Waals surface area contributed by atoms with E-state index in [0.29, 0.717) is 13.0 Å². The smallest absolute Gasteiger partial charge is 0.281 e. The second kappa shape index (κ2) is 11.2. The van der Waals surface area contributed by atoms with Crippen molar-refractivity contribution in [3.8, 4) is 10.4 Å². The van der Waals surface area contributed by atoms with Gasteiger partial charge in [0.15, 0.2) is 6.29 Å². The van der Waals surface area contributed by atoms with Crippen molar-refractivity contribution >= 4 is 37.5 Å². The lowest BCUT2D eigenvalue weighted by Gasteiger charge is -2.39. The third-order valence-electron chi connectivity index (χ3n) is 6.02. The maximum atomic E-state index is 13.7. The highest BCUT2D eigenvalue weighted by atomic mass is 32.2. The molecule has 1 unspecified atom stereocenters. The molecule has 0 radical (unpaired) electrons. The summed E-state index contributed by atoms with van der Waals surface area (Å²) in [6, 6.07) is 11.3. The number of nitrogens with one attached hydrogen (secondary N) is 1. The summed E-state index contributed by atoms with van der Waals surface area (Å²) in [7, 11) is -5.21. The van der Waals surface area contributed by atoms with Crippen LogP contribution in [0.3, 0.4) is 0 Å². The van der Waals surface area contributed by atoms with Crippen LogP contribution in [-0.2, 0) is 34.6 Å². The largest absolute Gasteiger partial charge is 0.350 e. The second-order valence-electron chi connectivity index (χ2n) is 8.64. The van der Waals surface area contributed by atoms with Crippen LogP contribution in [0.1, 0.15) is 19.3 Å². The third kappa shape index (κ3) is 5.81. The first-order valence-electron chi connectivity index (χ1n) is 11.5. The number of ether oxygens (including phenoxy) is 1. The molecule has 1 aromatic heterocycles. The maximum Gasteiger partial charge on any atom is 0.281 e. The number of hydroxylamine groups is 1. The van der Waals surface area contributed by atoms with Gasteiger partial charge in [-0.25, -0.2) is 18.7 Å². The topological polar surface area (TPSA) is 126 Å². The Hall–Kier alpha value is -1.91. The molecule has 1 aromatic carbocycles. The lowest BCUT2D eigenvalue weighted by molar-refractivity contribution is -0.202. The highest BCUT2D eigenvalue weighted by molar-refractivity contribution is 7.91. The summed E-state index contributed by atoms with van der Waals surface area (Å²) >= 11 is 1.09. The van der Waals surface area contributed by atoms with Crippen LogP contribution in [0.2, 0.25) is 0 Å². The fraction of sp³-hybridized carbons (Fsp3) is 0.500. The molecule has 2 saturated heterocycles. The highest BCUT2D eigenvalue weighted by Gasteiger charge is 2.44. The molecule has 1 amide bonds. The Kier molecular flexibility index (Phi) is 8.46. The van der Waals surface area contributed by atoms with Crippen LogP contribution in [0.25, 0.3) is 10.4 Å². The van der Waals surface area contributed by atoms with Crippen molar-refractivity contribution in [3.63, 3.8) is 0 Å². The van der Waals surface area contributed by atoms with Crippen LogP contribution >= 0.6 is 11.3 Å². The van der Waals surface area contributed by atoms with Crippen LogP contribution in [0, 0.1) is 0 Å². The normalized spacial score (nSPS) is 22.5. The molecule has 2 aliphatic heterocycles. The van der Waals surface area contributed by atoms with Crippen LogP contribution in [0.15, 0.2) is 46.7 Å². The molecule has 0 aliphatic carbocycles. The van der Waals surface area contributed by atoms with Gasteiger partial charge in [0.05, 0.1) is 0 Å². The van der Waals surface area contributed by atoms with E-state index in [0.717, 1.165) is 47.5 Å². The zero-order valence-corrected chi connectivity index (χ0v) is 22.5. The van der Waals surface area contributed by atoms with Gasteiger partial charge in [-0.05, 0) is 30.5 Å². The van der Waals surface area contributed by atoms with E-state index < -0.39 is 38.5 Å². The summed E-state index contributed by atoms with van der Waals surface area (Å²) in [5.74, 6) is -0.758. The fourth-order valence-electron chi connectivity index (χ4n) is 4.01. The molecule has 11 nitrogen and oxygen atoms in total. The SMILES string of the molecule is CN(C)S(=O)(=O)N1CCN(S(=O)(=O)c2ccc(-c3ccccc3)s2)[C@@H](C(=O)NOC2CCCCO2)C1. The summed E-state index contributed by atoms with van der Waals surface area (Å²) in [4.78, 5) is 19.3. The van der Waals surface area contributed by atoms with E-state index in [9.17, 15) is 21.6 Å². The van der Waals surface area contributed by atoms with Gasteiger partial charge >= 0.3 is 0 Å². The number of piperazine rings is 1. The number of carbonyl (C=O) groups is 1. The van der Waals surface area contributed by atoms with Crippen molar-refractivity contribution in [1.82, 2.24) is 18.4 Å². The summed E-state index contributed by atoms with van der Waals surface area (Å²) in [5, 5.41) is 0. The van der Waals surface area contributed by atoms with E-state index in [2.05, 4.69) is 5.48 Å². The number of hydrogen-bond donors (Lipinski definition) is 1. The fourth-order valence-corrected chi connectivity index (χ4v) is 8.13. The van der Waals surface area contributed by atoms with Crippen molar-refractivity contribution in [2.45, 2.75) is 35.8 Å². The van der Waals surface area contributed by atoms with Gasteiger partial charge in [0.1, 0.15) is 10.3 Å². The zero-order valence-electron chi connectivity index (χ0n) is 20.1. The van der Waals surface area contributed by atoms with Crippen LogP contribution in [0.5, 0.6) is 0 Å². The third-order valence-corrected chi connectivity index (χ3v) is 11.4. The maximum absolute atomic E-state index is 13.7. The molecule has 2 fully saturated rings. The molecule has 198 valence electrons. The standard InChI is InChI=1S/C22H30N4O7S3/c1-24(2)36(30,31)25-13-14-26(18(16-25)22(27)23-33-20-10-6-7-15-32-20)35(28,29)21-12-11-19(34-21)17-8-4-3-5-9-17/h3-5,8-9,11-12,18,20H,6-7,10,13-16H2,1-2H3,(H,23,27)/t18-,20?/m1/s1. The lowest BCUT2D eigenvalue weighted by Crippen LogP contribution is -2.62. The number of thiophene rings is 1. The minimum Gasteiger partial charge on any atom is -0.350 e. The monoisotopic (exact) mass is 558 g/mol. The van der Waals surface area contributed by atoms with Gasteiger partial charge in [-0.3, -0.25) is 4.79 Å². The van der Waals surface area contributed by atoms with Gasteiger partial charge < -0.3 is 4.74 Å². The number of carbonyl (C=O) groups excluding carboxylic acids is 1. The molecule has 2 aromatic rings. The van der Waals surface area contributed by atoms with Gasteiger partial charge in [0.25, 0.3) is 26.1 Å². The molecule has 36 heavy (non-hydrogen) atoms. The molecule has 4 rings (SSSR count). The van der Waals surface area contributed by atoms with Gasteiger partial charge in [-0.1, -0.05) is 30.3 Å². The minimum atomic E-state index is -4.11. The Morgan fingerprint density at radius 3 is 2.50 bits per heavy atom. The van der Waals surface area contributed by atoms with Gasteiger partial charge in [0, 0.05) is 51.6 Å². The lowest BCUT2D eigenvalue weighted by atomic mass is 10.2. The van der Waals surface area contributed by atoms with Gasteiger partial charge in [-0.2, -0.15) is 21.3 Å². The van der Waals surface area contributed by atoms with Crippen LogP contribution in [-0.4, -0.2) is 88.3 Å². The number of amides is 1. The first-order chi connectivity index (χ1) is 17.1. The van der Waals surface area contributed by atoms with Gasteiger partial charge in [0.2, 0.25) is 0 Å². The Morgan fingerprint density at radius 1 is 1.08 bits per heavy atom. The summed E-state index contributed by atoms with van der Waals surface area (Å²) in [5.41, 5.74) is 3.18. The molecule has 2 aliphatic rings. The molecule has 2 atom stereocenters. The molecular formula is C22H30N4O7S3. The van der Waals surface area contributed by atoms with E-state index in [-0.39, 0.29) is 23.8 Å². The Morgan fingerprint density at radius 2 is 1.83 bits per heavy atom.